The summed E-state index contributed by atoms with van der Waals surface area (Å²) in [7, 11) is 0. The first-order valence-electron chi connectivity index (χ1n) is 7.12. The van der Waals surface area contributed by atoms with Crippen LogP contribution in [0.2, 0.25) is 0 Å². The lowest BCUT2D eigenvalue weighted by atomic mass is 10.2. The molecule has 3 nitrogen and oxygen atoms in total. The van der Waals surface area contributed by atoms with Crippen LogP contribution >= 0.6 is 0 Å². The van der Waals surface area contributed by atoms with Crippen molar-refractivity contribution in [3.8, 4) is 11.5 Å². The van der Waals surface area contributed by atoms with Crippen molar-refractivity contribution < 1.29 is 41.1 Å². The lowest BCUT2D eigenvalue weighted by molar-refractivity contribution is -0.686. The fourth-order valence-electron chi connectivity index (χ4n) is 2.06. The Morgan fingerprint density at radius 2 is 0.920 bits per heavy atom. The van der Waals surface area contributed by atoms with Gasteiger partial charge in [0.05, 0.1) is 0 Å². The van der Waals surface area contributed by atoms with E-state index in [4.69, 9.17) is 0 Å². The van der Waals surface area contributed by atoms with E-state index in [-0.39, 0.29) is 11.5 Å². The summed E-state index contributed by atoms with van der Waals surface area (Å²) in [6.45, 7) is 0.986. The minimum absolute atomic E-state index is 0.295. The van der Waals surface area contributed by atoms with Gasteiger partial charge in [-0.25, -0.2) is 0 Å². The second-order valence-electron chi connectivity index (χ2n) is 5.08. The molecule has 0 aliphatic rings. The molecule has 0 saturated heterocycles. The van der Waals surface area contributed by atoms with E-state index in [1.807, 2.05) is 5.32 Å². The highest BCUT2D eigenvalue weighted by Crippen LogP contribution is 2.23. The first kappa shape index (κ1) is 18.9. The molecular weight excluding hydrogens is 352 g/mol. The second-order valence-corrected chi connectivity index (χ2v) is 5.08. The van der Waals surface area contributed by atoms with E-state index >= 15 is 0 Å². The van der Waals surface area contributed by atoms with Gasteiger partial charge in [-0.3, -0.25) is 0 Å². The van der Waals surface area contributed by atoms with Crippen LogP contribution in [0.3, 0.4) is 0 Å². The zero-order valence-electron chi connectivity index (χ0n) is 12.7. The van der Waals surface area contributed by atoms with E-state index in [9.17, 15) is 26.3 Å². The lowest BCUT2D eigenvalue weighted by Crippen LogP contribution is -2.80. The summed E-state index contributed by atoms with van der Waals surface area (Å²) in [5.41, 5.74) is 1.57. The Kier molecular flexibility index (Phi) is 5.78. The summed E-state index contributed by atoms with van der Waals surface area (Å²) >= 11 is 0. The number of benzene rings is 2. The van der Waals surface area contributed by atoms with Crippen LogP contribution in [0.25, 0.3) is 0 Å². The molecule has 0 aliphatic carbocycles. The van der Waals surface area contributed by atoms with Gasteiger partial charge in [0.25, 0.3) is 0 Å². The third kappa shape index (κ3) is 7.34. The number of hydrogen-bond donors (Lipinski definition) is 1. The van der Waals surface area contributed by atoms with E-state index in [0.717, 1.165) is 11.1 Å². The molecule has 2 N–H and O–H groups in total. The molecule has 2 aromatic carbocycles. The third-order valence-corrected chi connectivity index (χ3v) is 3.07. The zero-order chi connectivity index (χ0) is 18.5. The third-order valence-electron chi connectivity index (χ3n) is 3.07. The Labute approximate surface area is 139 Å². The largest absolute Gasteiger partial charge is 0.573 e. The van der Waals surface area contributed by atoms with Crippen molar-refractivity contribution in [2.75, 3.05) is 0 Å². The van der Waals surface area contributed by atoms with Gasteiger partial charge in [-0.15, -0.1) is 26.3 Å². The van der Waals surface area contributed by atoms with Crippen molar-refractivity contribution >= 4 is 0 Å². The van der Waals surface area contributed by atoms with Gasteiger partial charge in [0, 0.05) is 11.1 Å². The summed E-state index contributed by atoms with van der Waals surface area (Å²) in [6.07, 6.45) is -9.45. The Balaban J connectivity index is 1.80. The second kappa shape index (κ2) is 7.64. The fraction of sp³-hybridized carbons (Fsp3) is 0.250. The molecule has 0 heterocycles. The Hall–Kier alpha value is -2.42. The maximum atomic E-state index is 12.1. The molecule has 0 spiro atoms. The molecule has 0 bridgehead atoms. The summed E-state index contributed by atoms with van der Waals surface area (Å²) in [5.74, 6) is -0.590. The van der Waals surface area contributed by atoms with E-state index in [1.165, 1.54) is 48.5 Å². The SMILES string of the molecule is FC(F)(F)Oc1ccc(C[NH2+]Cc2ccc(OC(F)(F)F)cc2)cc1. The van der Waals surface area contributed by atoms with Crippen LogP contribution in [-0.2, 0) is 13.1 Å². The predicted octanol–water partition coefficient (Wildman–Crippen LogP) is 3.75. The van der Waals surface area contributed by atoms with Crippen LogP contribution in [-0.4, -0.2) is 12.7 Å². The molecule has 0 fully saturated rings. The minimum Gasteiger partial charge on any atom is -0.406 e. The molecule has 0 atom stereocenters. The predicted molar refractivity (Wildman–Crippen MR) is 75.6 cm³/mol. The van der Waals surface area contributed by atoms with Crippen molar-refractivity contribution in [2.45, 2.75) is 25.8 Å². The van der Waals surface area contributed by atoms with Crippen molar-refractivity contribution in [3.63, 3.8) is 0 Å². The van der Waals surface area contributed by atoms with Gasteiger partial charge in [0.1, 0.15) is 24.6 Å². The summed E-state index contributed by atoms with van der Waals surface area (Å²) in [4.78, 5) is 0. The normalized spacial score (nSPS) is 12.1. The van der Waals surface area contributed by atoms with Crippen LogP contribution < -0.4 is 14.8 Å². The number of hydrogen-bond acceptors (Lipinski definition) is 2. The Morgan fingerprint density at radius 1 is 0.600 bits per heavy atom. The molecule has 136 valence electrons. The van der Waals surface area contributed by atoms with Gasteiger partial charge < -0.3 is 14.8 Å². The van der Waals surface area contributed by atoms with E-state index in [0.29, 0.717) is 13.1 Å². The van der Waals surface area contributed by atoms with E-state index in [2.05, 4.69) is 9.47 Å². The summed E-state index contributed by atoms with van der Waals surface area (Å²) in [6, 6.07) is 10.9. The van der Waals surface area contributed by atoms with Gasteiger partial charge >= 0.3 is 12.7 Å². The van der Waals surface area contributed by atoms with Gasteiger partial charge in [0.15, 0.2) is 0 Å². The van der Waals surface area contributed by atoms with Crippen molar-refractivity contribution in [2.24, 2.45) is 0 Å². The Bertz CT molecular complexity index is 606. The van der Waals surface area contributed by atoms with Gasteiger partial charge in [-0.2, -0.15) is 0 Å². The molecule has 0 unspecified atom stereocenters. The van der Waals surface area contributed by atoms with E-state index in [1.54, 1.807) is 0 Å². The summed E-state index contributed by atoms with van der Waals surface area (Å²) in [5, 5.41) is 1.86. The number of halogens is 6. The van der Waals surface area contributed by atoms with Crippen LogP contribution in [0, 0.1) is 0 Å². The monoisotopic (exact) mass is 366 g/mol. The topological polar surface area (TPSA) is 35.1 Å². The minimum atomic E-state index is -4.73. The molecule has 0 saturated carbocycles. The first-order chi connectivity index (χ1) is 11.6. The first-order valence-corrected chi connectivity index (χ1v) is 7.12. The quantitative estimate of drug-likeness (QED) is 0.791. The van der Waals surface area contributed by atoms with Crippen LogP contribution in [0.15, 0.2) is 48.5 Å². The van der Waals surface area contributed by atoms with Gasteiger partial charge in [0.2, 0.25) is 0 Å². The highest BCUT2D eigenvalue weighted by Gasteiger charge is 2.31. The van der Waals surface area contributed by atoms with Gasteiger partial charge in [-0.1, -0.05) is 0 Å². The number of nitrogens with two attached hydrogens (primary N) is 1. The zero-order valence-corrected chi connectivity index (χ0v) is 12.7. The van der Waals surface area contributed by atoms with Crippen molar-refractivity contribution in [1.29, 1.82) is 0 Å². The van der Waals surface area contributed by atoms with E-state index < -0.39 is 12.7 Å². The number of ether oxygens (including phenoxy) is 2. The highest BCUT2D eigenvalue weighted by atomic mass is 19.4. The van der Waals surface area contributed by atoms with Gasteiger partial charge in [-0.05, 0) is 48.5 Å². The molecule has 9 heteroatoms. The van der Waals surface area contributed by atoms with Crippen LogP contribution in [0.4, 0.5) is 26.3 Å². The molecule has 25 heavy (non-hydrogen) atoms. The molecule has 2 aromatic rings. The lowest BCUT2D eigenvalue weighted by Gasteiger charge is -2.09. The summed E-state index contributed by atoms with van der Waals surface area (Å²) < 4.78 is 79.9. The molecule has 2 rings (SSSR count). The maximum absolute atomic E-state index is 12.1. The fourth-order valence-corrected chi connectivity index (χ4v) is 2.06. The molecular formula is C16H14F6NO2+. The Morgan fingerprint density at radius 3 is 1.20 bits per heavy atom. The molecule has 0 aliphatic heterocycles. The smallest absolute Gasteiger partial charge is 0.406 e. The van der Waals surface area contributed by atoms with Crippen molar-refractivity contribution in [1.82, 2.24) is 0 Å². The molecule has 0 radical (unpaired) electrons. The molecule has 0 amide bonds. The average Bonchev–Trinajstić information content (AvgIpc) is 2.48. The average molecular weight is 366 g/mol. The highest BCUT2D eigenvalue weighted by molar-refractivity contribution is 5.28. The standard InChI is InChI=1S/C16H13F6NO2/c17-15(18,19)24-13-5-1-11(2-6-13)9-23-10-12-3-7-14(8-4-12)25-16(20,21)22/h1-8,23H,9-10H2/p+1. The maximum Gasteiger partial charge on any atom is 0.573 e. The number of alkyl halides is 6. The van der Waals surface area contributed by atoms with Crippen molar-refractivity contribution in [3.05, 3.63) is 59.7 Å². The molecule has 0 aromatic heterocycles. The van der Waals surface area contributed by atoms with Crippen LogP contribution in [0.1, 0.15) is 11.1 Å². The number of quaternary nitrogens is 1. The number of rotatable bonds is 6. The van der Waals surface area contributed by atoms with Crippen LogP contribution in [0.5, 0.6) is 11.5 Å².